The van der Waals surface area contributed by atoms with E-state index < -0.39 is 9.84 Å². The van der Waals surface area contributed by atoms with Gasteiger partial charge in [-0.3, -0.25) is 9.59 Å². The van der Waals surface area contributed by atoms with Gasteiger partial charge in [-0.1, -0.05) is 6.07 Å². The number of rotatable bonds is 4. The van der Waals surface area contributed by atoms with E-state index in [2.05, 4.69) is 5.32 Å². The van der Waals surface area contributed by atoms with Crippen LogP contribution in [0.5, 0.6) is 0 Å². The normalized spacial score (nSPS) is 21.0. The fourth-order valence-corrected chi connectivity index (χ4v) is 4.14. The molecule has 3 rings (SSSR count). The SMILES string of the molecule is CS(=O)(=O)c1cccc(C(=O)N2CCN(C(=O)CC3CCCN3)CC2)c1. The summed E-state index contributed by atoms with van der Waals surface area (Å²) < 4.78 is 23.3. The number of carbonyl (C=O) groups excluding carboxylic acids is 2. The van der Waals surface area contributed by atoms with Crippen LogP contribution in [0.15, 0.2) is 29.2 Å². The predicted molar refractivity (Wildman–Crippen MR) is 97.7 cm³/mol. The molecule has 0 aliphatic carbocycles. The highest BCUT2D eigenvalue weighted by atomic mass is 32.2. The third kappa shape index (κ3) is 4.42. The van der Waals surface area contributed by atoms with E-state index in [4.69, 9.17) is 0 Å². The Morgan fingerprint density at radius 3 is 2.46 bits per heavy atom. The summed E-state index contributed by atoms with van der Waals surface area (Å²) in [6.07, 6.45) is 3.80. The zero-order chi connectivity index (χ0) is 18.7. The molecule has 1 N–H and O–H groups in total. The summed E-state index contributed by atoms with van der Waals surface area (Å²) in [4.78, 5) is 28.7. The molecule has 1 aromatic carbocycles. The fraction of sp³-hybridized carbons (Fsp3) is 0.556. The molecule has 1 aromatic rings. The van der Waals surface area contributed by atoms with Gasteiger partial charge >= 0.3 is 0 Å². The monoisotopic (exact) mass is 379 g/mol. The fourth-order valence-electron chi connectivity index (χ4n) is 3.47. The van der Waals surface area contributed by atoms with Crippen molar-refractivity contribution in [1.82, 2.24) is 15.1 Å². The van der Waals surface area contributed by atoms with Crippen LogP contribution in [0, 0.1) is 0 Å². The minimum atomic E-state index is -3.35. The number of hydrogen-bond donors (Lipinski definition) is 1. The Morgan fingerprint density at radius 2 is 1.85 bits per heavy atom. The van der Waals surface area contributed by atoms with Gasteiger partial charge in [-0.05, 0) is 37.6 Å². The first kappa shape index (κ1) is 18.8. The minimum Gasteiger partial charge on any atom is -0.339 e. The zero-order valence-electron chi connectivity index (χ0n) is 15.0. The number of amides is 2. The molecule has 0 aromatic heterocycles. The lowest BCUT2D eigenvalue weighted by Crippen LogP contribution is -2.51. The van der Waals surface area contributed by atoms with Gasteiger partial charge in [0.05, 0.1) is 4.90 Å². The van der Waals surface area contributed by atoms with Crippen LogP contribution in [0.4, 0.5) is 0 Å². The van der Waals surface area contributed by atoms with Crippen molar-refractivity contribution in [2.75, 3.05) is 39.0 Å². The molecule has 8 heteroatoms. The van der Waals surface area contributed by atoms with Crippen LogP contribution in [0.3, 0.4) is 0 Å². The average molecular weight is 379 g/mol. The smallest absolute Gasteiger partial charge is 0.254 e. The second kappa shape index (κ2) is 7.75. The van der Waals surface area contributed by atoms with E-state index in [1.807, 2.05) is 4.90 Å². The molecule has 2 heterocycles. The van der Waals surface area contributed by atoms with Gasteiger partial charge in [-0.25, -0.2) is 8.42 Å². The number of nitrogens with zero attached hydrogens (tertiary/aromatic N) is 2. The highest BCUT2D eigenvalue weighted by Gasteiger charge is 2.27. The molecular weight excluding hydrogens is 354 g/mol. The topological polar surface area (TPSA) is 86.8 Å². The molecule has 2 fully saturated rings. The van der Waals surface area contributed by atoms with Crippen molar-refractivity contribution in [3.8, 4) is 0 Å². The van der Waals surface area contributed by atoms with Crippen molar-refractivity contribution in [1.29, 1.82) is 0 Å². The van der Waals surface area contributed by atoms with Crippen LogP contribution < -0.4 is 5.32 Å². The largest absolute Gasteiger partial charge is 0.339 e. The van der Waals surface area contributed by atoms with Gasteiger partial charge in [0.15, 0.2) is 9.84 Å². The molecule has 0 saturated carbocycles. The Balaban J connectivity index is 1.57. The molecule has 0 spiro atoms. The molecule has 0 radical (unpaired) electrons. The van der Waals surface area contributed by atoms with Crippen molar-refractivity contribution in [2.24, 2.45) is 0 Å². The molecule has 1 unspecified atom stereocenters. The van der Waals surface area contributed by atoms with Crippen LogP contribution in [-0.2, 0) is 14.6 Å². The van der Waals surface area contributed by atoms with E-state index in [9.17, 15) is 18.0 Å². The molecule has 1 atom stereocenters. The highest BCUT2D eigenvalue weighted by molar-refractivity contribution is 7.90. The van der Waals surface area contributed by atoms with Crippen LogP contribution in [-0.4, -0.2) is 75.1 Å². The number of sulfone groups is 1. The summed E-state index contributed by atoms with van der Waals surface area (Å²) in [5, 5.41) is 3.33. The van der Waals surface area contributed by atoms with Crippen LogP contribution in [0.25, 0.3) is 0 Å². The van der Waals surface area contributed by atoms with Crippen molar-refractivity contribution < 1.29 is 18.0 Å². The van der Waals surface area contributed by atoms with Gasteiger partial charge < -0.3 is 15.1 Å². The van der Waals surface area contributed by atoms with Crippen molar-refractivity contribution in [3.05, 3.63) is 29.8 Å². The molecule has 2 aliphatic rings. The van der Waals surface area contributed by atoms with E-state index in [0.717, 1.165) is 25.6 Å². The van der Waals surface area contributed by atoms with Crippen molar-refractivity contribution in [2.45, 2.75) is 30.2 Å². The van der Waals surface area contributed by atoms with Crippen LogP contribution in [0.1, 0.15) is 29.6 Å². The molecule has 2 aliphatic heterocycles. The Labute approximate surface area is 154 Å². The molecule has 0 bridgehead atoms. The van der Waals surface area contributed by atoms with Gasteiger partial charge in [-0.2, -0.15) is 0 Å². The Hall–Kier alpha value is -1.93. The third-order valence-electron chi connectivity index (χ3n) is 5.01. The van der Waals surface area contributed by atoms with E-state index in [-0.39, 0.29) is 22.8 Å². The van der Waals surface area contributed by atoms with E-state index in [0.29, 0.717) is 38.2 Å². The van der Waals surface area contributed by atoms with Gasteiger partial charge in [0.25, 0.3) is 5.91 Å². The summed E-state index contributed by atoms with van der Waals surface area (Å²) in [5.41, 5.74) is 0.364. The number of carbonyl (C=O) groups is 2. The Kier molecular flexibility index (Phi) is 5.62. The summed E-state index contributed by atoms with van der Waals surface area (Å²) in [5.74, 6) is -0.0596. The maximum atomic E-state index is 12.7. The van der Waals surface area contributed by atoms with Crippen LogP contribution in [0.2, 0.25) is 0 Å². The standard InChI is InChI=1S/C18H25N3O4S/c1-26(24,25)16-6-2-4-14(12-16)18(23)21-10-8-20(9-11-21)17(22)13-15-5-3-7-19-15/h2,4,6,12,15,19H,3,5,7-11,13H2,1H3. The van der Waals surface area contributed by atoms with E-state index in [1.165, 1.54) is 12.1 Å². The average Bonchev–Trinajstić information content (AvgIpc) is 3.13. The summed E-state index contributed by atoms with van der Waals surface area (Å²) >= 11 is 0. The third-order valence-corrected chi connectivity index (χ3v) is 6.12. The molecule has 142 valence electrons. The molecule has 26 heavy (non-hydrogen) atoms. The van der Waals surface area contributed by atoms with Gasteiger partial charge in [0, 0.05) is 50.5 Å². The maximum Gasteiger partial charge on any atom is 0.254 e. The van der Waals surface area contributed by atoms with E-state index in [1.54, 1.807) is 17.0 Å². The van der Waals surface area contributed by atoms with Gasteiger partial charge in [-0.15, -0.1) is 0 Å². The van der Waals surface area contributed by atoms with Crippen molar-refractivity contribution in [3.63, 3.8) is 0 Å². The lowest BCUT2D eigenvalue weighted by atomic mass is 10.1. The first-order chi connectivity index (χ1) is 12.3. The van der Waals surface area contributed by atoms with Crippen LogP contribution >= 0.6 is 0 Å². The molecule has 2 saturated heterocycles. The quantitative estimate of drug-likeness (QED) is 0.824. The maximum absolute atomic E-state index is 12.7. The van der Waals surface area contributed by atoms with Crippen molar-refractivity contribution >= 4 is 21.7 Å². The first-order valence-corrected chi connectivity index (χ1v) is 10.8. The van der Waals surface area contributed by atoms with Gasteiger partial charge in [0.2, 0.25) is 5.91 Å². The predicted octanol–water partition coefficient (Wildman–Crippen LogP) is 0.517. The summed E-state index contributed by atoms with van der Waals surface area (Å²) in [6.45, 7) is 2.94. The minimum absolute atomic E-state index is 0.135. The van der Waals surface area contributed by atoms with E-state index >= 15 is 0 Å². The lowest BCUT2D eigenvalue weighted by molar-refractivity contribution is -0.133. The molecular formula is C18H25N3O4S. The number of benzene rings is 1. The lowest BCUT2D eigenvalue weighted by Gasteiger charge is -2.35. The van der Waals surface area contributed by atoms with Gasteiger partial charge in [0.1, 0.15) is 0 Å². The Bertz CT molecular complexity index is 779. The molecule has 2 amide bonds. The number of piperazine rings is 1. The highest BCUT2D eigenvalue weighted by Crippen LogP contribution is 2.16. The number of nitrogens with one attached hydrogen (secondary N) is 1. The zero-order valence-corrected chi connectivity index (χ0v) is 15.8. The first-order valence-electron chi connectivity index (χ1n) is 8.95. The summed E-state index contributed by atoms with van der Waals surface area (Å²) in [6, 6.07) is 6.39. The summed E-state index contributed by atoms with van der Waals surface area (Å²) in [7, 11) is -3.35. The number of hydrogen-bond acceptors (Lipinski definition) is 5. The molecule has 7 nitrogen and oxygen atoms in total. The second-order valence-electron chi connectivity index (χ2n) is 6.97. The Morgan fingerprint density at radius 1 is 1.15 bits per heavy atom. The second-order valence-corrected chi connectivity index (χ2v) is 8.99.